The van der Waals surface area contributed by atoms with E-state index in [9.17, 15) is 4.79 Å². The molecule has 34 heavy (non-hydrogen) atoms. The Hall–Kier alpha value is -2.11. The van der Waals surface area contributed by atoms with Gasteiger partial charge >= 0.3 is 5.97 Å². The van der Waals surface area contributed by atoms with Crippen LogP contribution in [0.25, 0.3) is 0 Å². The van der Waals surface area contributed by atoms with Crippen molar-refractivity contribution in [3.8, 4) is 0 Å². The summed E-state index contributed by atoms with van der Waals surface area (Å²) in [5.74, 6) is 2.03. The van der Waals surface area contributed by atoms with Crippen LogP contribution in [0, 0.1) is 30.1 Å². The van der Waals surface area contributed by atoms with Crippen molar-refractivity contribution >= 4 is 5.97 Å². The Morgan fingerprint density at radius 1 is 1.18 bits per heavy atom. The molecule has 1 aromatic carbocycles. The number of furan rings is 1. The molecular weight excluding hydrogens is 426 g/mol. The summed E-state index contributed by atoms with van der Waals surface area (Å²) in [6.07, 6.45) is 8.48. The number of hydrogen-bond acceptors (Lipinski definition) is 5. The van der Waals surface area contributed by atoms with Gasteiger partial charge in [0.25, 0.3) is 0 Å². The molecule has 2 aliphatic heterocycles. The van der Waals surface area contributed by atoms with Gasteiger partial charge in [0.15, 0.2) is 0 Å². The van der Waals surface area contributed by atoms with Crippen LogP contribution in [0.3, 0.4) is 0 Å². The largest absolute Gasteiger partial charge is 0.469 e. The Balaban J connectivity index is 1.09. The van der Waals surface area contributed by atoms with Crippen LogP contribution in [0.2, 0.25) is 0 Å². The molecule has 0 bridgehead atoms. The molecule has 4 fully saturated rings. The van der Waals surface area contributed by atoms with Crippen LogP contribution in [0.5, 0.6) is 0 Å². The molecule has 2 aliphatic carbocycles. The molecule has 2 saturated carbocycles. The highest BCUT2D eigenvalue weighted by atomic mass is 16.6. The maximum atomic E-state index is 12.9. The maximum Gasteiger partial charge on any atom is 0.310 e. The number of benzene rings is 1. The number of epoxide rings is 1. The van der Waals surface area contributed by atoms with Crippen LogP contribution in [0.1, 0.15) is 68.3 Å². The quantitative estimate of drug-likeness (QED) is 0.346. The van der Waals surface area contributed by atoms with Crippen LogP contribution in [0.4, 0.5) is 0 Å². The van der Waals surface area contributed by atoms with Gasteiger partial charge < -0.3 is 19.2 Å². The minimum absolute atomic E-state index is 0.00312. The molecule has 1 aromatic heterocycles. The molecule has 4 aliphatic rings. The monoisotopic (exact) mass is 463 g/mol. The van der Waals surface area contributed by atoms with Crippen molar-refractivity contribution in [3.63, 3.8) is 0 Å². The number of esters is 1. The topological polar surface area (TPSA) is 64.0 Å². The SMILES string of the molecule is Cc1ccc([C@H](CCNC[C@@H]2C(=O)O[C@@H]3C[C@@]4(C)CCC[C@@]5(CO5)[C@@H]4C[C@H]23)c2ccco2)cc1. The number of nitrogens with one attached hydrogen (secondary N) is 1. The van der Waals surface area contributed by atoms with Gasteiger partial charge in [0.1, 0.15) is 11.9 Å². The normalized spacial score (nSPS) is 37.2. The lowest BCUT2D eigenvalue weighted by molar-refractivity contribution is -0.147. The Labute approximate surface area is 202 Å². The summed E-state index contributed by atoms with van der Waals surface area (Å²) in [4.78, 5) is 12.9. The summed E-state index contributed by atoms with van der Waals surface area (Å²) in [5, 5.41) is 3.61. The molecule has 5 heteroatoms. The average molecular weight is 464 g/mol. The van der Waals surface area contributed by atoms with E-state index in [1.165, 1.54) is 30.4 Å². The van der Waals surface area contributed by atoms with Gasteiger partial charge in [0.2, 0.25) is 0 Å². The summed E-state index contributed by atoms with van der Waals surface area (Å²) in [7, 11) is 0. The van der Waals surface area contributed by atoms with E-state index in [4.69, 9.17) is 13.9 Å². The fourth-order valence-corrected chi connectivity index (χ4v) is 7.46. The van der Waals surface area contributed by atoms with Gasteiger partial charge in [-0.15, -0.1) is 0 Å². The first-order valence-electron chi connectivity index (χ1n) is 13.1. The number of fused-ring (bicyclic) bond motifs is 3. The Kier molecular flexibility index (Phi) is 5.61. The van der Waals surface area contributed by atoms with Gasteiger partial charge in [-0.25, -0.2) is 0 Å². The summed E-state index contributed by atoms with van der Waals surface area (Å²) >= 11 is 0. The molecule has 7 atom stereocenters. The highest BCUT2D eigenvalue weighted by Gasteiger charge is 2.64. The highest BCUT2D eigenvalue weighted by molar-refractivity contribution is 5.75. The molecule has 0 unspecified atom stereocenters. The van der Waals surface area contributed by atoms with Gasteiger partial charge in [-0.2, -0.15) is 0 Å². The third-order valence-electron chi connectivity index (χ3n) is 9.42. The zero-order chi connectivity index (χ0) is 23.3. The summed E-state index contributed by atoms with van der Waals surface area (Å²) in [6.45, 7) is 6.95. The smallest absolute Gasteiger partial charge is 0.310 e. The van der Waals surface area contributed by atoms with E-state index in [1.807, 2.05) is 6.07 Å². The molecule has 1 N–H and O–H groups in total. The van der Waals surface area contributed by atoms with Crippen LogP contribution >= 0.6 is 0 Å². The second kappa shape index (κ2) is 8.53. The van der Waals surface area contributed by atoms with E-state index in [1.54, 1.807) is 6.26 Å². The summed E-state index contributed by atoms with van der Waals surface area (Å²) < 4.78 is 17.8. The second-order valence-electron chi connectivity index (χ2n) is 11.6. The van der Waals surface area contributed by atoms with Crippen LogP contribution < -0.4 is 5.32 Å². The molecule has 2 aromatic rings. The van der Waals surface area contributed by atoms with Crippen LogP contribution in [-0.4, -0.2) is 37.4 Å². The molecule has 2 saturated heterocycles. The zero-order valence-corrected chi connectivity index (χ0v) is 20.4. The first-order chi connectivity index (χ1) is 16.5. The lowest BCUT2D eigenvalue weighted by Crippen LogP contribution is -2.51. The molecule has 182 valence electrons. The van der Waals surface area contributed by atoms with Gasteiger partial charge in [-0.3, -0.25) is 4.79 Å². The highest BCUT2D eigenvalue weighted by Crippen LogP contribution is 2.62. The van der Waals surface area contributed by atoms with E-state index in [-0.39, 0.29) is 34.9 Å². The number of rotatable bonds is 7. The van der Waals surface area contributed by atoms with Crippen LogP contribution in [-0.2, 0) is 14.3 Å². The molecule has 5 nitrogen and oxygen atoms in total. The van der Waals surface area contributed by atoms with E-state index >= 15 is 0 Å². The predicted octanol–water partition coefficient (Wildman–Crippen LogP) is 5.23. The zero-order valence-electron chi connectivity index (χ0n) is 20.4. The fraction of sp³-hybridized carbons (Fsp3) is 0.621. The number of hydrogen-bond donors (Lipinski definition) is 1. The molecule has 6 rings (SSSR count). The standard InChI is InChI=1S/C29H37NO4/c1-19-6-8-20(9-7-19)21(24-5-3-14-32-24)10-13-30-17-23-22-15-26-28(2,16-25(22)34-27(23)31)11-4-12-29(26)18-33-29/h3,5-9,14,21-23,25-26,30H,4,10-13,15-18H2,1-2H3/t21-,22+,23-,25+,26+,28+,29+/m0/s1. The van der Waals surface area contributed by atoms with Crippen molar-refractivity contribution < 1.29 is 18.7 Å². The van der Waals surface area contributed by atoms with Gasteiger partial charge in [-0.05, 0) is 81.0 Å². The first-order valence-corrected chi connectivity index (χ1v) is 13.1. The molecule has 1 spiro atoms. The third-order valence-corrected chi connectivity index (χ3v) is 9.42. The van der Waals surface area contributed by atoms with Crippen molar-refractivity contribution in [1.82, 2.24) is 5.32 Å². The Morgan fingerprint density at radius 2 is 2.00 bits per heavy atom. The van der Waals surface area contributed by atoms with E-state index < -0.39 is 0 Å². The lowest BCUT2D eigenvalue weighted by Gasteiger charge is -2.51. The second-order valence-corrected chi connectivity index (χ2v) is 11.6. The third kappa shape index (κ3) is 3.91. The van der Waals surface area contributed by atoms with E-state index in [0.29, 0.717) is 18.4 Å². The van der Waals surface area contributed by atoms with Crippen molar-refractivity contribution in [2.24, 2.45) is 23.2 Å². The van der Waals surface area contributed by atoms with Gasteiger partial charge in [-0.1, -0.05) is 36.8 Å². The van der Waals surface area contributed by atoms with Crippen LogP contribution in [0.15, 0.2) is 47.1 Å². The van der Waals surface area contributed by atoms with Crippen molar-refractivity contribution in [1.29, 1.82) is 0 Å². The van der Waals surface area contributed by atoms with Crippen molar-refractivity contribution in [2.75, 3.05) is 19.7 Å². The first kappa shape index (κ1) is 22.4. The summed E-state index contributed by atoms with van der Waals surface area (Å²) in [5.41, 5.74) is 2.88. The minimum Gasteiger partial charge on any atom is -0.469 e. The Morgan fingerprint density at radius 3 is 2.74 bits per heavy atom. The van der Waals surface area contributed by atoms with E-state index in [0.717, 1.165) is 38.2 Å². The number of aryl methyl sites for hydroxylation is 1. The Bertz CT molecular complexity index is 1010. The molecule has 0 amide bonds. The van der Waals surface area contributed by atoms with E-state index in [2.05, 4.69) is 49.5 Å². The maximum absolute atomic E-state index is 12.9. The number of ether oxygens (including phenoxy) is 2. The van der Waals surface area contributed by atoms with Crippen molar-refractivity contribution in [2.45, 2.75) is 70.0 Å². The minimum atomic E-state index is -0.0475. The number of carbonyl (C=O) groups excluding carboxylic acids is 1. The van der Waals surface area contributed by atoms with Gasteiger partial charge in [0.05, 0.1) is 24.4 Å². The lowest BCUT2D eigenvalue weighted by atomic mass is 9.53. The molecular formula is C29H37NO4. The van der Waals surface area contributed by atoms with Crippen molar-refractivity contribution in [3.05, 3.63) is 59.5 Å². The number of carbonyl (C=O) groups is 1. The molecule has 3 heterocycles. The molecule has 0 radical (unpaired) electrons. The summed E-state index contributed by atoms with van der Waals surface area (Å²) in [6, 6.07) is 12.7. The predicted molar refractivity (Wildman–Crippen MR) is 129 cm³/mol. The van der Waals surface area contributed by atoms with Gasteiger partial charge in [0, 0.05) is 18.4 Å². The average Bonchev–Trinajstić information content (AvgIpc) is 3.24. The fourth-order valence-electron chi connectivity index (χ4n) is 7.46.